The molecule has 0 bridgehead atoms. The summed E-state index contributed by atoms with van der Waals surface area (Å²) in [6.45, 7) is 1.76. The van der Waals surface area contributed by atoms with Crippen LogP contribution in [0.2, 0.25) is 0 Å². The predicted molar refractivity (Wildman–Crippen MR) is 95.2 cm³/mol. The summed E-state index contributed by atoms with van der Waals surface area (Å²) >= 11 is 0. The molecule has 2 heterocycles. The van der Waals surface area contributed by atoms with E-state index < -0.39 is 0 Å². The second kappa shape index (κ2) is 5.70. The Kier molecular flexibility index (Phi) is 3.39. The number of rotatable bonds is 3. The van der Waals surface area contributed by atoms with Crippen molar-refractivity contribution in [2.75, 3.05) is 5.32 Å². The number of nitrogens with one attached hydrogen (secondary N) is 1. The molecule has 5 heteroatoms. The summed E-state index contributed by atoms with van der Waals surface area (Å²) in [5, 5.41) is 17.5. The van der Waals surface area contributed by atoms with Crippen molar-refractivity contribution in [1.82, 2.24) is 4.98 Å². The molecule has 2 aromatic carbocycles. The first-order valence-corrected chi connectivity index (χ1v) is 7.58. The van der Waals surface area contributed by atoms with Crippen LogP contribution < -0.4 is 5.32 Å². The highest BCUT2D eigenvalue weighted by atomic mass is 16.4. The minimum Gasteiger partial charge on any atom is -0.446 e. The van der Waals surface area contributed by atoms with Crippen LogP contribution in [0.1, 0.15) is 12.5 Å². The molecule has 0 aliphatic rings. The molecule has 5 nitrogen and oxygen atoms in total. The van der Waals surface area contributed by atoms with Gasteiger partial charge in [0, 0.05) is 11.1 Å². The van der Waals surface area contributed by atoms with E-state index >= 15 is 0 Å². The highest BCUT2D eigenvalue weighted by molar-refractivity contribution is 6.07. The number of nitrogens with zero attached hydrogens (tertiary/aromatic N) is 2. The minimum atomic E-state index is 0.577. The molecule has 0 fully saturated rings. The van der Waals surface area contributed by atoms with Gasteiger partial charge in [-0.2, -0.15) is 0 Å². The van der Waals surface area contributed by atoms with Crippen LogP contribution in [0.3, 0.4) is 0 Å². The van der Waals surface area contributed by atoms with Crippen molar-refractivity contribution in [3.8, 4) is 0 Å². The lowest BCUT2D eigenvalue weighted by Crippen LogP contribution is -1.97. The van der Waals surface area contributed by atoms with E-state index in [0.717, 1.165) is 33.2 Å². The zero-order valence-corrected chi connectivity index (χ0v) is 13.0. The van der Waals surface area contributed by atoms with Crippen LogP contribution in [-0.2, 0) is 0 Å². The molecule has 4 rings (SSSR count). The number of anilines is 2. The van der Waals surface area contributed by atoms with Crippen molar-refractivity contribution in [2.24, 2.45) is 5.16 Å². The van der Waals surface area contributed by atoms with Gasteiger partial charge in [-0.05, 0) is 36.8 Å². The Morgan fingerprint density at radius 1 is 1.04 bits per heavy atom. The topological polar surface area (TPSA) is 70.7 Å². The van der Waals surface area contributed by atoms with E-state index in [1.54, 1.807) is 13.2 Å². The number of pyridine rings is 1. The molecule has 0 aliphatic carbocycles. The third-order valence-electron chi connectivity index (χ3n) is 4.03. The quantitative estimate of drug-likeness (QED) is 0.319. The lowest BCUT2D eigenvalue weighted by atomic mass is 10.1. The number of benzene rings is 2. The van der Waals surface area contributed by atoms with Gasteiger partial charge < -0.3 is 14.9 Å². The van der Waals surface area contributed by atoms with E-state index in [1.807, 2.05) is 54.6 Å². The molecule has 0 saturated heterocycles. The molecular weight excluding hydrogens is 302 g/mol. The molecule has 0 amide bonds. The zero-order chi connectivity index (χ0) is 16.5. The van der Waals surface area contributed by atoms with E-state index in [-0.39, 0.29) is 0 Å². The van der Waals surface area contributed by atoms with Gasteiger partial charge in [-0.1, -0.05) is 35.5 Å². The lowest BCUT2D eigenvalue weighted by molar-refractivity contribution is 0.319. The van der Waals surface area contributed by atoms with E-state index in [4.69, 9.17) is 9.62 Å². The number of furan rings is 1. The highest BCUT2D eigenvalue weighted by Gasteiger charge is 2.11. The first-order valence-electron chi connectivity index (χ1n) is 7.58. The maximum absolute atomic E-state index is 8.86. The van der Waals surface area contributed by atoms with Crippen LogP contribution in [0.5, 0.6) is 0 Å². The minimum absolute atomic E-state index is 0.577. The molecule has 4 aromatic rings. The SMILES string of the molecule is C/C(=N/O)c1ccc(Nc2c3ccccc3nc3occc23)cc1. The first-order chi connectivity index (χ1) is 11.8. The van der Waals surface area contributed by atoms with E-state index in [2.05, 4.69) is 15.5 Å². The Morgan fingerprint density at radius 2 is 1.83 bits per heavy atom. The Balaban J connectivity index is 1.82. The monoisotopic (exact) mass is 317 g/mol. The maximum atomic E-state index is 8.86. The van der Waals surface area contributed by atoms with Gasteiger partial charge in [-0.25, -0.2) is 4.98 Å². The molecule has 0 saturated carbocycles. The summed E-state index contributed by atoms with van der Waals surface area (Å²) in [4.78, 5) is 4.54. The average molecular weight is 317 g/mol. The maximum Gasteiger partial charge on any atom is 0.228 e. The van der Waals surface area contributed by atoms with Gasteiger partial charge in [-0.3, -0.25) is 0 Å². The fraction of sp³-hybridized carbons (Fsp3) is 0.0526. The summed E-state index contributed by atoms with van der Waals surface area (Å²) in [5.74, 6) is 0. The average Bonchev–Trinajstić information content (AvgIpc) is 3.10. The lowest BCUT2D eigenvalue weighted by Gasteiger charge is -2.11. The van der Waals surface area contributed by atoms with Gasteiger partial charge in [0.2, 0.25) is 5.71 Å². The molecule has 0 unspecified atom stereocenters. The van der Waals surface area contributed by atoms with Crippen LogP contribution in [0.15, 0.2) is 70.4 Å². The Morgan fingerprint density at radius 3 is 2.62 bits per heavy atom. The Bertz CT molecular complexity index is 1050. The smallest absolute Gasteiger partial charge is 0.228 e. The molecule has 0 spiro atoms. The van der Waals surface area contributed by atoms with E-state index in [1.165, 1.54) is 0 Å². The van der Waals surface area contributed by atoms with Gasteiger partial charge in [-0.15, -0.1) is 0 Å². The van der Waals surface area contributed by atoms with Gasteiger partial charge in [0.05, 0.1) is 28.6 Å². The van der Waals surface area contributed by atoms with Crippen LogP contribution in [0.4, 0.5) is 11.4 Å². The van der Waals surface area contributed by atoms with Crippen molar-refractivity contribution in [3.63, 3.8) is 0 Å². The molecular formula is C19H15N3O2. The first kappa shape index (κ1) is 14.3. The summed E-state index contributed by atoms with van der Waals surface area (Å²) < 4.78 is 5.47. The Hall–Kier alpha value is -3.34. The largest absolute Gasteiger partial charge is 0.446 e. The number of para-hydroxylation sites is 1. The molecule has 2 N–H and O–H groups in total. The van der Waals surface area contributed by atoms with Crippen molar-refractivity contribution in [3.05, 3.63) is 66.4 Å². The fourth-order valence-electron chi connectivity index (χ4n) is 2.75. The number of hydrogen-bond acceptors (Lipinski definition) is 5. The summed E-state index contributed by atoms with van der Waals surface area (Å²) in [7, 11) is 0. The number of aromatic nitrogens is 1. The third kappa shape index (κ3) is 2.36. The van der Waals surface area contributed by atoms with Crippen molar-refractivity contribution in [2.45, 2.75) is 6.92 Å². The number of hydrogen-bond donors (Lipinski definition) is 2. The van der Waals surface area contributed by atoms with Crippen molar-refractivity contribution >= 4 is 39.1 Å². The summed E-state index contributed by atoms with van der Waals surface area (Å²) in [5.41, 5.74) is 4.83. The number of oxime groups is 1. The number of fused-ring (bicyclic) bond motifs is 2. The van der Waals surface area contributed by atoms with Gasteiger partial charge in [0.1, 0.15) is 0 Å². The zero-order valence-electron chi connectivity index (χ0n) is 13.0. The van der Waals surface area contributed by atoms with Crippen LogP contribution in [0, 0.1) is 0 Å². The van der Waals surface area contributed by atoms with E-state index in [9.17, 15) is 0 Å². The summed E-state index contributed by atoms with van der Waals surface area (Å²) in [6, 6.07) is 17.6. The van der Waals surface area contributed by atoms with Crippen molar-refractivity contribution < 1.29 is 9.62 Å². The van der Waals surface area contributed by atoms with Gasteiger partial charge in [0.15, 0.2) is 0 Å². The Labute approximate surface area is 138 Å². The summed E-state index contributed by atoms with van der Waals surface area (Å²) in [6.07, 6.45) is 1.64. The molecule has 0 atom stereocenters. The second-order valence-electron chi connectivity index (χ2n) is 5.53. The third-order valence-corrected chi connectivity index (χ3v) is 4.03. The molecule has 24 heavy (non-hydrogen) atoms. The molecule has 2 aromatic heterocycles. The van der Waals surface area contributed by atoms with Gasteiger partial charge in [0.25, 0.3) is 0 Å². The second-order valence-corrected chi connectivity index (χ2v) is 5.53. The van der Waals surface area contributed by atoms with Crippen LogP contribution >= 0.6 is 0 Å². The fourth-order valence-corrected chi connectivity index (χ4v) is 2.75. The predicted octanol–water partition coefficient (Wildman–Crippen LogP) is 4.92. The van der Waals surface area contributed by atoms with Gasteiger partial charge >= 0.3 is 0 Å². The van der Waals surface area contributed by atoms with Crippen LogP contribution in [0.25, 0.3) is 22.0 Å². The van der Waals surface area contributed by atoms with Crippen molar-refractivity contribution in [1.29, 1.82) is 0 Å². The molecule has 118 valence electrons. The molecule has 0 radical (unpaired) electrons. The standard InChI is InChI=1S/C19H15N3O2/c1-12(22-23)13-6-8-14(9-7-13)20-18-15-4-2-3-5-17(15)21-19-16(18)10-11-24-19/h2-11,23H,1H3,(H,20,21)/b22-12-. The van der Waals surface area contributed by atoms with E-state index in [0.29, 0.717) is 11.4 Å². The normalized spacial score (nSPS) is 12.0. The molecule has 0 aliphatic heterocycles. The highest BCUT2D eigenvalue weighted by Crippen LogP contribution is 2.33. The van der Waals surface area contributed by atoms with Crippen LogP contribution in [-0.4, -0.2) is 15.9 Å².